The smallest absolute Gasteiger partial charge is 0.419 e. The van der Waals surface area contributed by atoms with Crippen LogP contribution in [0.25, 0.3) is 28.0 Å². The minimum absolute atomic E-state index is 0.239. The van der Waals surface area contributed by atoms with E-state index in [0.717, 1.165) is 41.3 Å². The lowest BCUT2D eigenvalue weighted by molar-refractivity contribution is -0.189. The van der Waals surface area contributed by atoms with E-state index in [0.29, 0.717) is 11.3 Å². The van der Waals surface area contributed by atoms with E-state index in [4.69, 9.17) is 4.74 Å². The number of carbonyl (C=O) groups excluding carboxylic acids is 1. The summed E-state index contributed by atoms with van der Waals surface area (Å²) < 4.78 is 45.6. The van der Waals surface area contributed by atoms with E-state index in [1.54, 1.807) is 24.3 Å². The summed E-state index contributed by atoms with van der Waals surface area (Å²) >= 11 is 0. The van der Waals surface area contributed by atoms with Crippen molar-refractivity contribution in [3.05, 3.63) is 65.7 Å². The summed E-state index contributed by atoms with van der Waals surface area (Å²) in [5.41, 5.74) is 5.19. The Morgan fingerprint density at radius 2 is 1.85 bits per heavy atom. The third-order valence-corrected chi connectivity index (χ3v) is 5.77. The molecule has 0 saturated carbocycles. The molecule has 0 radical (unpaired) electrons. The normalized spacial score (nSPS) is 14.3. The predicted octanol–water partition coefficient (Wildman–Crippen LogP) is 4.23. The number of nitrogens with one attached hydrogen (secondary N) is 1. The standard InChI is InChI=1S/C24H20F3N5O2/c1-13-7-16(12-32-11-14(2)29-22(13)32)15-3-4-18(21(8-15)34-23(33)24(25,26)27)20-6-5-19(30-31-20)17-9-28-10-17/h3-8,11-12,17,28H,9-10H2,1-2H3. The number of hydrogen-bond acceptors (Lipinski definition) is 6. The van der Waals surface area contributed by atoms with Gasteiger partial charge < -0.3 is 14.5 Å². The highest BCUT2D eigenvalue weighted by Crippen LogP contribution is 2.35. The first-order valence-electron chi connectivity index (χ1n) is 10.6. The van der Waals surface area contributed by atoms with E-state index >= 15 is 0 Å². The largest absolute Gasteiger partial charge is 0.491 e. The zero-order valence-corrected chi connectivity index (χ0v) is 18.3. The van der Waals surface area contributed by atoms with Crippen molar-refractivity contribution >= 4 is 11.6 Å². The topological polar surface area (TPSA) is 81.4 Å². The Labute approximate surface area is 192 Å². The van der Waals surface area contributed by atoms with E-state index in [1.165, 1.54) is 6.07 Å². The third-order valence-electron chi connectivity index (χ3n) is 5.77. The van der Waals surface area contributed by atoms with E-state index in [1.807, 2.05) is 36.7 Å². The van der Waals surface area contributed by atoms with Crippen LogP contribution in [0, 0.1) is 13.8 Å². The number of aryl methyl sites for hydroxylation is 2. The molecule has 1 aliphatic heterocycles. The van der Waals surface area contributed by atoms with Gasteiger partial charge in [0.1, 0.15) is 11.4 Å². The van der Waals surface area contributed by atoms with Crippen molar-refractivity contribution in [2.24, 2.45) is 0 Å². The lowest BCUT2D eigenvalue weighted by atomic mass is 9.98. The molecule has 1 aromatic carbocycles. The number of benzene rings is 1. The summed E-state index contributed by atoms with van der Waals surface area (Å²) in [6.45, 7) is 5.39. The number of aromatic nitrogens is 4. The van der Waals surface area contributed by atoms with Crippen LogP contribution in [-0.4, -0.2) is 44.8 Å². The highest BCUT2D eigenvalue weighted by molar-refractivity contribution is 5.83. The quantitative estimate of drug-likeness (QED) is 0.357. The molecular weight excluding hydrogens is 447 g/mol. The van der Waals surface area contributed by atoms with E-state index in [-0.39, 0.29) is 17.2 Å². The van der Waals surface area contributed by atoms with E-state index in [2.05, 4.69) is 20.5 Å². The zero-order valence-electron chi connectivity index (χ0n) is 18.3. The highest BCUT2D eigenvalue weighted by atomic mass is 19.4. The summed E-state index contributed by atoms with van der Waals surface area (Å²) in [6.07, 6.45) is -1.45. The predicted molar refractivity (Wildman–Crippen MR) is 118 cm³/mol. The van der Waals surface area contributed by atoms with Gasteiger partial charge in [-0.05, 0) is 60.9 Å². The van der Waals surface area contributed by atoms with Gasteiger partial charge in [0.2, 0.25) is 0 Å². The van der Waals surface area contributed by atoms with Crippen molar-refractivity contribution in [2.75, 3.05) is 13.1 Å². The average molecular weight is 467 g/mol. The summed E-state index contributed by atoms with van der Waals surface area (Å²) in [5.74, 6) is -2.28. The van der Waals surface area contributed by atoms with Crippen molar-refractivity contribution in [1.29, 1.82) is 0 Å². The van der Waals surface area contributed by atoms with Crippen LogP contribution in [0.4, 0.5) is 13.2 Å². The van der Waals surface area contributed by atoms with Gasteiger partial charge >= 0.3 is 12.1 Å². The van der Waals surface area contributed by atoms with Crippen LogP contribution >= 0.6 is 0 Å². The summed E-state index contributed by atoms with van der Waals surface area (Å²) in [5, 5.41) is 11.5. The van der Waals surface area contributed by atoms with Crippen molar-refractivity contribution in [1.82, 2.24) is 24.9 Å². The van der Waals surface area contributed by atoms with Gasteiger partial charge in [-0.2, -0.15) is 23.4 Å². The highest BCUT2D eigenvalue weighted by Gasteiger charge is 2.41. The minimum atomic E-state index is -5.14. The van der Waals surface area contributed by atoms with E-state index in [9.17, 15) is 18.0 Å². The number of pyridine rings is 1. The molecule has 10 heteroatoms. The Hall–Kier alpha value is -3.79. The van der Waals surface area contributed by atoms with Gasteiger partial charge in [-0.3, -0.25) is 0 Å². The number of esters is 1. The number of carbonyl (C=O) groups is 1. The molecule has 1 fully saturated rings. The van der Waals surface area contributed by atoms with Gasteiger partial charge in [0.15, 0.2) is 0 Å². The first kappa shape index (κ1) is 22.0. The molecule has 4 heterocycles. The second-order valence-electron chi connectivity index (χ2n) is 8.32. The van der Waals surface area contributed by atoms with Gasteiger partial charge in [-0.1, -0.05) is 6.07 Å². The summed E-state index contributed by atoms with van der Waals surface area (Å²) in [7, 11) is 0. The maximum absolute atomic E-state index is 13.0. The molecule has 174 valence electrons. The number of alkyl halides is 3. The Kier molecular flexibility index (Phi) is 5.32. The molecule has 7 nitrogen and oxygen atoms in total. The van der Waals surface area contributed by atoms with Gasteiger partial charge in [-0.25, -0.2) is 9.78 Å². The first-order valence-corrected chi connectivity index (χ1v) is 10.6. The average Bonchev–Trinajstić information content (AvgIpc) is 3.13. The Morgan fingerprint density at radius 3 is 2.50 bits per heavy atom. The maximum Gasteiger partial charge on any atom is 0.491 e. The number of imidazole rings is 1. The molecule has 0 spiro atoms. The number of halogens is 3. The second-order valence-corrected chi connectivity index (χ2v) is 8.32. The molecule has 1 aliphatic rings. The fourth-order valence-corrected chi connectivity index (χ4v) is 3.91. The van der Waals surface area contributed by atoms with Gasteiger partial charge in [0, 0.05) is 37.0 Å². The SMILES string of the molecule is Cc1cn2cc(-c3ccc(-c4ccc(C5CNC5)nn4)c(OC(=O)C(F)(F)F)c3)cc(C)c2n1. The molecule has 0 aliphatic carbocycles. The number of hydrogen-bond donors (Lipinski definition) is 1. The minimum Gasteiger partial charge on any atom is -0.419 e. The molecule has 34 heavy (non-hydrogen) atoms. The third kappa shape index (κ3) is 4.12. The Morgan fingerprint density at radius 1 is 1.06 bits per heavy atom. The molecular formula is C24H20F3N5O2. The maximum atomic E-state index is 13.0. The molecule has 0 bridgehead atoms. The Bertz CT molecular complexity index is 1390. The number of ether oxygens (including phenoxy) is 1. The fraction of sp³-hybridized carbons (Fsp3) is 0.250. The number of fused-ring (bicyclic) bond motifs is 1. The summed E-state index contributed by atoms with van der Waals surface area (Å²) in [4.78, 5) is 16.1. The van der Waals surface area contributed by atoms with Crippen LogP contribution < -0.4 is 10.1 Å². The van der Waals surface area contributed by atoms with Gasteiger partial charge in [0.25, 0.3) is 0 Å². The van der Waals surface area contributed by atoms with Crippen LogP contribution in [0.5, 0.6) is 5.75 Å². The van der Waals surface area contributed by atoms with Crippen LogP contribution in [0.1, 0.15) is 22.9 Å². The van der Waals surface area contributed by atoms with Crippen LogP contribution in [0.3, 0.4) is 0 Å². The Balaban J connectivity index is 1.57. The van der Waals surface area contributed by atoms with Crippen molar-refractivity contribution in [2.45, 2.75) is 25.9 Å². The van der Waals surface area contributed by atoms with Crippen LogP contribution in [-0.2, 0) is 4.79 Å². The van der Waals surface area contributed by atoms with Gasteiger partial charge in [-0.15, -0.1) is 0 Å². The second kappa shape index (κ2) is 8.21. The van der Waals surface area contributed by atoms with Crippen molar-refractivity contribution < 1.29 is 22.7 Å². The number of rotatable bonds is 4. The summed E-state index contributed by atoms with van der Waals surface area (Å²) in [6, 6.07) is 10.1. The molecule has 0 atom stereocenters. The molecule has 1 saturated heterocycles. The lowest BCUT2D eigenvalue weighted by Crippen LogP contribution is -2.40. The first-order chi connectivity index (χ1) is 16.2. The fourth-order valence-electron chi connectivity index (χ4n) is 3.91. The van der Waals surface area contributed by atoms with Crippen LogP contribution in [0.15, 0.2) is 48.8 Å². The monoisotopic (exact) mass is 467 g/mol. The molecule has 4 aromatic rings. The lowest BCUT2D eigenvalue weighted by Gasteiger charge is -2.25. The van der Waals surface area contributed by atoms with Crippen LogP contribution in [0.2, 0.25) is 0 Å². The molecule has 0 unspecified atom stereocenters. The van der Waals surface area contributed by atoms with E-state index < -0.39 is 12.1 Å². The number of nitrogens with zero attached hydrogens (tertiary/aromatic N) is 4. The molecule has 3 aromatic heterocycles. The van der Waals surface area contributed by atoms with Crippen molar-refractivity contribution in [3.63, 3.8) is 0 Å². The van der Waals surface area contributed by atoms with Crippen molar-refractivity contribution in [3.8, 4) is 28.1 Å². The molecule has 1 N–H and O–H groups in total. The zero-order chi connectivity index (χ0) is 24.0. The molecule has 0 amide bonds. The van der Waals surface area contributed by atoms with Gasteiger partial charge in [0.05, 0.1) is 17.1 Å². The molecule has 5 rings (SSSR count).